The van der Waals surface area contributed by atoms with Gasteiger partial charge in [0.25, 0.3) is 0 Å². The average molecular weight is 225 g/mol. The summed E-state index contributed by atoms with van der Waals surface area (Å²) in [6.45, 7) is 3.80. The van der Waals surface area contributed by atoms with E-state index in [9.17, 15) is 9.59 Å². The molecule has 1 rings (SSSR count). The maximum Gasteiger partial charge on any atom is 0.225 e. The zero-order valence-corrected chi connectivity index (χ0v) is 9.76. The van der Waals surface area contributed by atoms with Crippen LogP contribution in [0.2, 0.25) is 0 Å². The Kier molecular flexibility index (Phi) is 4.49. The number of Topliss-reactive ketones (excluding diaryl/α,β-unsaturated/α-hetero) is 1. The quantitative estimate of drug-likeness (QED) is 0.828. The van der Waals surface area contributed by atoms with Gasteiger partial charge in [0.05, 0.1) is 13.0 Å². The second kappa shape index (κ2) is 5.66. The number of ketones is 1. The third-order valence-electron chi connectivity index (χ3n) is 2.02. The lowest BCUT2D eigenvalue weighted by Gasteiger charge is -2.05. The lowest BCUT2D eigenvalue weighted by molar-refractivity contribution is -0.126. The molecule has 82 valence electrons. The fourth-order valence-corrected chi connectivity index (χ4v) is 1.73. The molecule has 15 heavy (non-hydrogen) atoms. The lowest BCUT2D eigenvalue weighted by atomic mass is 10.1. The van der Waals surface area contributed by atoms with Crippen LogP contribution in [-0.4, -0.2) is 18.2 Å². The van der Waals surface area contributed by atoms with E-state index in [-0.39, 0.29) is 24.2 Å². The number of carbonyl (C=O) groups is 2. The van der Waals surface area contributed by atoms with E-state index in [1.54, 1.807) is 11.3 Å². The topological polar surface area (TPSA) is 46.2 Å². The summed E-state index contributed by atoms with van der Waals surface area (Å²) in [7, 11) is 0. The molecule has 1 aromatic heterocycles. The molecule has 3 nitrogen and oxygen atoms in total. The van der Waals surface area contributed by atoms with Crippen LogP contribution >= 0.6 is 11.3 Å². The van der Waals surface area contributed by atoms with Crippen molar-refractivity contribution in [3.63, 3.8) is 0 Å². The summed E-state index contributed by atoms with van der Waals surface area (Å²) in [4.78, 5) is 23.6. The molecule has 4 heteroatoms. The molecule has 0 unspecified atom stereocenters. The highest BCUT2D eigenvalue weighted by Crippen LogP contribution is 2.08. The Balaban J connectivity index is 2.28. The van der Waals surface area contributed by atoms with E-state index in [1.165, 1.54) is 0 Å². The lowest BCUT2D eigenvalue weighted by Crippen LogP contribution is -2.32. The van der Waals surface area contributed by atoms with Crippen LogP contribution < -0.4 is 5.32 Å². The summed E-state index contributed by atoms with van der Waals surface area (Å²) in [6.07, 6.45) is 0.364. The number of carbonyl (C=O) groups excluding carboxylic acids is 2. The Morgan fingerprint density at radius 1 is 1.47 bits per heavy atom. The Morgan fingerprint density at radius 3 is 2.73 bits per heavy atom. The number of thiophene rings is 1. The first-order chi connectivity index (χ1) is 7.09. The van der Waals surface area contributed by atoms with Crippen LogP contribution in [0.3, 0.4) is 0 Å². The minimum absolute atomic E-state index is 0.0213. The fourth-order valence-electron chi connectivity index (χ4n) is 1.02. The summed E-state index contributed by atoms with van der Waals surface area (Å²) < 4.78 is 0. The third-order valence-corrected chi connectivity index (χ3v) is 2.90. The Morgan fingerprint density at radius 2 is 2.20 bits per heavy atom. The molecule has 1 amide bonds. The van der Waals surface area contributed by atoms with E-state index in [0.29, 0.717) is 6.42 Å². The molecule has 0 aliphatic carbocycles. The van der Waals surface area contributed by atoms with Gasteiger partial charge in [-0.25, -0.2) is 0 Å². The van der Waals surface area contributed by atoms with Crippen LogP contribution in [0.5, 0.6) is 0 Å². The predicted octanol–water partition coefficient (Wildman–Crippen LogP) is 1.63. The van der Waals surface area contributed by atoms with Crippen LogP contribution in [0.4, 0.5) is 0 Å². The van der Waals surface area contributed by atoms with Crippen molar-refractivity contribution in [3.05, 3.63) is 22.4 Å². The Hall–Kier alpha value is -1.16. The van der Waals surface area contributed by atoms with Crippen molar-refractivity contribution in [2.75, 3.05) is 6.54 Å². The molecule has 0 bridgehead atoms. The highest BCUT2D eigenvalue weighted by molar-refractivity contribution is 7.10. The van der Waals surface area contributed by atoms with Crippen molar-refractivity contribution in [1.29, 1.82) is 0 Å². The molecule has 0 saturated heterocycles. The molecule has 0 radical (unpaired) electrons. The SMILES string of the molecule is CC(C)C(=O)CNC(=O)Cc1cccs1. The maximum absolute atomic E-state index is 11.4. The van der Waals surface area contributed by atoms with Crippen LogP contribution in [0.1, 0.15) is 18.7 Å². The molecule has 0 aliphatic rings. The summed E-state index contributed by atoms with van der Waals surface area (Å²) in [5.74, 6) is -0.0481. The summed E-state index contributed by atoms with van der Waals surface area (Å²) in [5, 5.41) is 4.55. The summed E-state index contributed by atoms with van der Waals surface area (Å²) >= 11 is 1.55. The first-order valence-electron chi connectivity index (χ1n) is 4.91. The van der Waals surface area contributed by atoms with Gasteiger partial charge in [-0.2, -0.15) is 0 Å². The normalized spacial score (nSPS) is 10.3. The number of rotatable bonds is 5. The van der Waals surface area contributed by atoms with Crippen LogP contribution in [-0.2, 0) is 16.0 Å². The van der Waals surface area contributed by atoms with Crippen molar-refractivity contribution in [2.24, 2.45) is 5.92 Å². The van der Waals surface area contributed by atoms with Crippen molar-refractivity contribution >= 4 is 23.0 Å². The molecule has 0 aromatic carbocycles. The number of nitrogens with one attached hydrogen (secondary N) is 1. The molecule has 1 aromatic rings. The van der Waals surface area contributed by atoms with Gasteiger partial charge in [0.15, 0.2) is 5.78 Å². The first kappa shape index (κ1) is 11.9. The van der Waals surface area contributed by atoms with Crippen molar-refractivity contribution in [2.45, 2.75) is 20.3 Å². The second-order valence-electron chi connectivity index (χ2n) is 3.65. The molecular formula is C11H15NO2S. The van der Waals surface area contributed by atoms with Gasteiger partial charge in [-0.15, -0.1) is 11.3 Å². The highest BCUT2D eigenvalue weighted by atomic mass is 32.1. The van der Waals surface area contributed by atoms with Gasteiger partial charge in [0.2, 0.25) is 5.91 Å². The van der Waals surface area contributed by atoms with Gasteiger partial charge in [0, 0.05) is 10.8 Å². The third kappa shape index (κ3) is 4.25. The van der Waals surface area contributed by atoms with E-state index in [1.807, 2.05) is 31.4 Å². The van der Waals surface area contributed by atoms with E-state index >= 15 is 0 Å². The highest BCUT2D eigenvalue weighted by Gasteiger charge is 2.09. The molecule has 0 aliphatic heterocycles. The zero-order valence-electron chi connectivity index (χ0n) is 8.95. The fraction of sp³-hybridized carbons (Fsp3) is 0.455. The average Bonchev–Trinajstić information content (AvgIpc) is 2.66. The minimum Gasteiger partial charge on any atom is -0.349 e. The smallest absolute Gasteiger partial charge is 0.225 e. The van der Waals surface area contributed by atoms with Gasteiger partial charge in [-0.3, -0.25) is 9.59 Å². The molecule has 0 saturated carbocycles. The minimum atomic E-state index is -0.0913. The van der Waals surface area contributed by atoms with Crippen LogP contribution in [0.25, 0.3) is 0 Å². The second-order valence-corrected chi connectivity index (χ2v) is 4.69. The molecule has 1 heterocycles. The molecule has 1 N–H and O–H groups in total. The van der Waals surface area contributed by atoms with Crippen LogP contribution in [0, 0.1) is 5.92 Å². The predicted molar refractivity (Wildman–Crippen MR) is 60.9 cm³/mol. The maximum atomic E-state index is 11.4. The zero-order chi connectivity index (χ0) is 11.3. The molecule has 0 fully saturated rings. The van der Waals surface area contributed by atoms with Gasteiger partial charge < -0.3 is 5.32 Å². The van der Waals surface area contributed by atoms with Gasteiger partial charge in [0.1, 0.15) is 0 Å². The van der Waals surface area contributed by atoms with E-state index in [4.69, 9.17) is 0 Å². The Bertz CT molecular complexity index is 330. The number of amides is 1. The van der Waals surface area contributed by atoms with Crippen LogP contribution in [0.15, 0.2) is 17.5 Å². The summed E-state index contributed by atoms with van der Waals surface area (Å²) in [5.41, 5.74) is 0. The van der Waals surface area contributed by atoms with E-state index < -0.39 is 0 Å². The molecule has 0 atom stereocenters. The van der Waals surface area contributed by atoms with Crippen molar-refractivity contribution < 1.29 is 9.59 Å². The summed E-state index contributed by atoms with van der Waals surface area (Å²) in [6, 6.07) is 3.82. The van der Waals surface area contributed by atoms with Gasteiger partial charge in [-0.05, 0) is 11.4 Å². The standard InChI is InChI=1S/C11H15NO2S/c1-8(2)10(13)7-12-11(14)6-9-4-3-5-15-9/h3-5,8H,6-7H2,1-2H3,(H,12,14). The first-order valence-corrected chi connectivity index (χ1v) is 5.79. The Labute approximate surface area is 93.5 Å². The molecular weight excluding hydrogens is 210 g/mol. The number of hydrogen-bond donors (Lipinski definition) is 1. The number of hydrogen-bond acceptors (Lipinski definition) is 3. The van der Waals surface area contributed by atoms with Crippen molar-refractivity contribution in [3.8, 4) is 0 Å². The van der Waals surface area contributed by atoms with E-state index in [0.717, 1.165) is 4.88 Å². The van der Waals surface area contributed by atoms with Gasteiger partial charge >= 0.3 is 0 Å². The van der Waals surface area contributed by atoms with Crippen molar-refractivity contribution in [1.82, 2.24) is 5.32 Å². The van der Waals surface area contributed by atoms with Gasteiger partial charge in [-0.1, -0.05) is 19.9 Å². The monoisotopic (exact) mass is 225 g/mol. The largest absolute Gasteiger partial charge is 0.349 e. The van der Waals surface area contributed by atoms with E-state index in [2.05, 4.69) is 5.32 Å². The molecule has 0 spiro atoms.